The van der Waals surface area contributed by atoms with Crippen molar-refractivity contribution in [3.05, 3.63) is 30.6 Å². The van der Waals surface area contributed by atoms with Crippen LogP contribution in [0, 0.1) is 0 Å². The molecule has 0 amide bonds. The van der Waals surface area contributed by atoms with Crippen LogP contribution in [-0.4, -0.2) is 46.3 Å². The van der Waals surface area contributed by atoms with E-state index in [4.69, 9.17) is 4.74 Å². The van der Waals surface area contributed by atoms with Crippen LogP contribution in [0.2, 0.25) is 0 Å². The first-order valence-electron chi connectivity index (χ1n) is 7.31. The van der Waals surface area contributed by atoms with Gasteiger partial charge in [-0.2, -0.15) is 4.98 Å². The predicted octanol–water partition coefficient (Wildman–Crippen LogP) is 2.72. The third-order valence-corrected chi connectivity index (χ3v) is 4.47. The summed E-state index contributed by atoms with van der Waals surface area (Å²) in [5.41, 5.74) is 1.35. The molecule has 2 atom stereocenters. The summed E-state index contributed by atoms with van der Waals surface area (Å²) in [6.07, 6.45) is 6.88. The van der Waals surface area contributed by atoms with Gasteiger partial charge >= 0.3 is 6.01 Å². The molecule has 21 heavy (non-hydrogen) atoms. The Morgan fingerprint density at radius 1 is 1.48 bits per heavy atom. The predicted molar refractivity (Wildman–Crippen MR) is 80.8 cm³/mol. The van der Waals surface area contributed by atoms with E-state index in [9.17, 15) is 4.39 Å². The smallest absolute Gasteiger partial charge is 0.316 e. The highest BCUT2D eigenvalue weighted by molar-refractivity contribution is 5.59. The molecule has 2 aliphatic rings. The average molecular weight is 289 g/mol. The molecule has 4 nitrogen and oxygen atoms in total. The molecular formula is C16H20FN3O. The van der Waals surface area contributed by atoms with Gasteiger partial charge in [0.05, 0.1) is 11.2 Å². The molecule has 2 saturated heterocycles. The second-order valence-electron chi connectivity index (χ2n) is 5.77. The summed E-state index contributed by atoms with van der Waals surface area (Å²) in [7, 11) is 0. The number of fused-ring (bicyclic) bond motifs is 1. The van der Waals surface area contributed by atoms with Gasteiger partial charge in [-0.3, -0.25) is 4.90 Å². The first-order chi connectivity index (χ1) is 10.2. The maximum atomic E-state index is 13.7. The fourth-order valence-corrected chi connectivity index (χ4v) is 3.43. The van der Waals surface area contributed by atoms with E-state index in [1.165, 1.54) is 0 Å². The minimum absolute atomic E-state index is 0.172. The van der Waals surface area contributed by atoms with Gasteiger partial charge in [0.25, 0.3) is 0 Å². The van der Waals surface area contributed by atoms with Crippen molar-refractivity contribution in [1.29, 1.82) is 0 Å². The van der Waals surface area contributed by atoms with Crippen molar-refractivity contribution >= 4 is 12.2 Å². The zero-order valence-electron chi connectivity index (χ0n) is 12.1. The maximum absolute atomic E-state index is 13.7. The number of halogens is 1. The van der Waals surface area contributed by atoms with Crippen LogP contribution in [0.5, 0.6) is 6.01 Å². The van der Waals surface area contributed by atoms with Crippen LogP contribution in [-0.2, 0) is 0 Å². The van der Waals surface area contributed by atoms with E-state index in [0.29, 0.717) is 31.3 Å². The molecule has 0 N–H and O–H groups in total. The molecule has 0 aliphatic carbocycles. The molecule has 1 aromatic rings. The van der Waals surface area contributed by atoms with E-state index in [2.05, 4.69) is 28.0 Å². The van der Waals surface area contributed by atoms with Gasteiger partial charge < -0.3 is 4.74 Å². The zero-order valence-corrected chi connectivity index (χ0v) is 12.1. The largest absolute Gasteiger partial charge is 0.461 e. The van der Waals surface area contributed by atoms with Crippen molar-refractivity contribution in [2.45, 2.75) is 31.0 Å². The lowest BCUT2D eigenvalue weighted by molar-refractivity contribution is 0.107. The Hall–Kier alpha value is -1.75. The molecule has 0 spiro atoms. The summed E-state index contributed by atoms with van der Waals surface area (Å²) in [6.45, 7) is 9.36. The fourth-order valence-electron chi connectivity index (χ4n) is 3.43. The number of hydrogen-bond acceptors (Lipinski definition) is 4. The van der Waals surface area contributed by atoms with Crippen LogP contribution in [0.25, 0.3) is 12.2 Å². The van der Waals surface area contributed by atoms with Gasteiger partial charge in [-0.15, -0.1) is 0 Å². The zero-order chi connectivity index (χ0) is 14.9. The number of nitrogens with zero attached hydrogens (tertiary/aromatic N) is 3. The summed E-state index contributed by atoms with van der Waals surface area (Å²) in [6, 6.07) is 0.319. The van der Waals surface area contributed by atoms with Crippen LogP contribution in [0.15, 0.2) is 19.4 Å². The molecule has 5 heteroatoms. The van der Waals surface area contributed by atoms with Crippen LogP contribution >= 0.6 is 0 Å². The summed E-state index contributed by atoms with van der Waals surface area (Å²) in [4.78, 5) is 10.7. The quantitative estimate of drug-likeness (QED) is 0.835. The van der Waals surface area contributed by atoms with Crippen LogP contribution < -0.4 is 4.74 Å². The highest BCUT2D eigenvalue weighted by Crippen LogP contribution is 2.40. The summed E-state index contributed by atoms with van der Waals surface area (Å²) in [5.74, 6) is 0. The number of aromatic nitrogens is 2. The van der Waals surface area contributed by atoms with Crippen molar-refractivity contribution < 1.29 is 9.13 Å². The molecule has 0 radical (unpaired) electrons. The molecule has 2 aliphatic heterocycles. The third kappa shape index (κ3) is 2.58. The molecule has 3 heterocycles. The summed E-state index contributed by atoms with van der Waals surface area (Å²) in [5, 5.41) is 0. The Morgan fingerprint density at radius 3 is 3.10 bits per heavy atom. The van der Waals surface area contributed by atoms with E-state index >= 15 is 0 Å². The lowest BCUT2D eigenvalue weighted by Gasteiger charge is -2.30. The highest BCUT2D eigenvalue weighted by Gasteiger charge is 2.49. The van der Waals surface area contributed by atoms with Crippen LogP contribution in [0.4, 0.5) is 4.39 Å². The summed E-state index contributed by atoms with van der Waals surface area (Å²) >= 11 is 0. The van der Waals surface area contributed by atoms with Gasteiger partial charge in [0.1, 0.15) is 12.8 Å². The number of alkyl halides is 1. The minimum Gasteiger partial charge on any atom is -0.461 e. The lowest BCUT2D eigenvalue weighted by atomic mass is 9.95. The van der Waals surface area contributed by atoms with Crippen molar-refractivity contribution in [3.63, 3.8) is 0 Å². The number of rotatable bonds is 5. The van der Waals surface area contributed by atoms with Gasteiger partial charge in [0.15, 0.2) is 0 Å². The second kappa shape index (κ2) is 5.56. The van der Waals surface area contributed by atoms with E-state index < -0.39 is 6.17 Å². The van der Waals surface area contributed by atoms with Crippen molar-refractivity contribution in [3.8, 4) is 6.01 Å². The van der Waals surface area contributed by atoms with E-state index in [-0.39, 0.29) is 5.54 Å². The first-order valence-corrected chi connectivity index (χ1v) is 7.31. The van der Waals surface area contributed by atoms with Gasteiger partial charge in [0.2, 0.25) is 0 Å². The Labute approximate surface area is 124 Å². The fraction of sp³-hybridized carbons (Fsp3) is 0.500. The molecule has 3 rings (SSSR count). The minimum atomic E-state index is -0.748. The average Bonchev–Trinajstić information content (AvgIpc) is 3.00. The van der Waals surface area contributed by atoms with E-state index in [1.807, 2.05) is 0 Å². The van der Waals surface area contributed by atoms with Crippen LogP contribution in [0.1, 0.15) is 30.5 Å². The Bertz CT molecular complexity index is 562. The number of hydrogen-bond donors (Lipinski definition) is 0. The van der Waals surface area contributed by atoms with E-state index in [0.717, 1.165) is 24.9 Å². The Morgan fingerprint density at radius 2 is 2.33 bits per heavy atom. The second-order valence-corrected chi connectivity index (χ2v) is 5.77. The third-order valence-electron chi connectivity index (χ3n) is 4.47. The number of ether oxygens (including phenoxy) is 1. The molecule has 1 aromatic heterocycles. The highest BCUT2D eigenvalue weighted by atomic mass is 19.1. The molecule has 0 saturated carbocycles. The van der Waals surface area contributed by atoms with Crippen molar-refractivity contribution in [2.75, 3.05) is 19.7 Å². The lowest BCUT2D eigenvalue weighted by Crippen LogP contribution is -2.43. The van der Waals surface area contributed by atoms with Gasteiger partial charge in [0, 0.05) is 24.7 Å². The van der Waals surface area contributed by atoms with Gasteiger partial charge in [-0.25, -0.2) is 9.37 Å². The Kier molecular flexibility index (Phi) is 3.76. The molecule has 112 valence electrons. The first kappa shape index (κ1) is 14.2. The molecule has 2 fully saturated rings. The maximum Gasteiger partial charge on any atom is 0.316 e. The SMILES string of the molecule is C=Cc1cnc(OC[C@@]23CCCN2C[C@H](F)C3)nc1C=C. The standard InChI is InChI=1S/C16H20FN3O/c1-3-12-9-18-15(19-14(12)4-2)21-11-16-6-5-7-20(16)10-13(17)8-16/h3-4,9,13H,1-2,5-8,10-11H2/t13-,16+/m1/s1. The van der Waals surface area contributed by atoms with Crippen molar-refractivity contribution in [2.24, 2.45) is 0 Å². The molecule has 0 unspecified atom stereocenters. The normalized spacial score (nSPS) is 28.3. The van der Waals surface area contributed by atoms with Gasteiger partial charge in [-0.1, -0.05) is 19.2 Å². The Balaban J connectivity index is 1.73. The summed E-state index contributed by atoms with van der Waals surface area (Å²) < 4.78 is 19.5. The van der Waals surface area contributed by atoms with E-state index in [1.54, 1.807) is 18.3 Å². The monoisotopic (exact) mass is 289 g/mol. The van der Waals surface area contributed by atoms with Crippen molar-refractivity contribution in [1.82, 2.24) is 14.9 Å². The van der Waals surface area contributed by atoms with Gasteiger partial charge in [-0.05, 0) is 25.5 Å². The van der Waals surface area contributed by atoms with Crippen LogP contribution in [0.3, 0.4) is 0 Å². The molecule has 0 bridgehead atoms. The molecule has 0 aromatic carbocycles. The topological polar surface area (TPSA) is 38.2 Å². The molecular weight excluding hydrogens is 269 g/mol.